The van der Waals surface area contributed by atoms with E-state index in [1.807, 2.05) is 0 Å². The van der Waals surface area contributed by atoms with Gasteiger partial charge in [-0.15, -0.1) is 0 Å². The number of nitrogens with zero attached hydrogens (tertiary/aromatic N) is 2. The van der Waals surface area contributed by atoms with Crippen molar-refractivity contribution in [3.63, 3.8) is 0 Å². The van der Waals surface area contributed by atoms with Crippen LogP contribution in [0.1, 0.15) is 24.8 Å². The van der Waals surface area contributed by atoms with Crippen LogP contribution in [0.5, 0.6) is 0 Å². The van der Waals surface area contributed by atoms with E-state index in [9.17, 15) is 13.2 Å². The molecule has 1 aromatic rings. The summed E-state index contributed by atoms with van der Waals surface area (Å²) in [7, 11) is -2.99. The van der Waals surface area contributed by atoms with Gasteiger partial charge in [-0.05, 0) is 31.4 Å². The number of carbonyl (C=O) groups excluding carboxylic acids is 1. The van der Waals surface area contributed by atoms with E-state index in [0.29, 0.717) is 13.0 Å². The lowest BCUT2D eigenvalue weighted by atomic mass is 10.1. The van der Waals surface area contributed by atoms with Crippen LogP contribution >= 0.6 is 0 Å². The third-order valence-corrected chi connectivity index (χ3v) is 7.29. The van der Waals surface area contributed by atoms with Crippen LogP contribution in [0, 0.1) is 5.92 Å². The zero-order chi connectivity index (χ0) is 19.1. The number of hydrogen-bond donors (Lipinski definition) is 1. The highest BCUT2D eigenvalue weighted by atomic mass is 32.2. The summed E-state index contributed by atoms with van der Waals surface area (Å²) >= 11 is 0. The van der Waals surface area contributed by atoms with Crippen molar-refractivity contribution < 1.29 is 13.2 Å². The monoisotopic (exact) mass is 393 g/mol. The highest BCUT2D eigenvalue weighted by Gasteiger charge is 2.32. The lowest BCUT2D eigenvalue weighted by molar-refractivity contribution is -0.124. The highest BCUT2D eigenvalue weighted by molar-refractivity contribution is 7.91. The molecule has 1 aromatic carbocycles. The quantitative estimate of drug-likeness (QED) is 0.671. The van der Waals surface area contributed by atoms with Gasteiger partial charge in [-0.3, -0.25) is 9.69 Å². The van der Waals surface area contributed by atoms with Crippen molar-refractivity contribution in [2.45, 2.75) is 25.8 Å². The van der Waals surface area contributed by atoms with Crippen LogP contribution in [0.25, 0.3) is 0 Å². The fourth-order valence-electron chi connectivity index (χ4n) is 3.83. The molecule has 0 spiro atoms. The van der Waals surface area contributed by atoms with Crippen molar-refractivity contribution in [1.82, 2.24) is 15.1 Å². The van der Waals surface area contributed by atoms with Crippen LogP contribution in [0.4, 0.5) is 0 Å². The summed E-state index contributed by atoms with van der Waals surface area (Å²) in [6, 6.07) is 10.6. The third-order valence-electron chi connectivity index (χ3n) is 5.52. The first-order valence-electron chi connectivity index (χ1n) is 9.99. The smallest absolute Gasteiger partial charge is 0.224 e. The molecular formula is C20H31N3O3S. The first-order valence-corrected chi connectivity index (χ1v) is 11.8. The summed E-state index contributed by atoms with van der Waals surface area (Å²) < 4.78 is 22.9. The van der Waals surface area contributed by atoms with E-state index in [2.05, 4.69) is 45.4 Å². The van der Waals surface area contributed by atoms with E-state index in [-0.39, 0.29) is 23.3 Å². The third kappa shape index (κ3) is 6.59. The Hall–Kier alpha value is -1.44. The number of amides is 1. The molecule has 2 aliphatic heterocycles. The molecule has 1 atom stereocenters. The van der Waals surface area contributed by atoms with E-state index in [1.54, 1.807) is 0 Å². The topological polar surface area (TPSA) is 69.7 Å². The van der Waals surface area contributed by atoms with Gasteiger partial charge in [0.15, 0.2) is 9.84 Å². The summed E-state index contributed by atoms with van der Waals surface area (Å²) in [4.78, 5) is 17.0. The molecule has 2 aliphatic rings. The summed E-state index contributed by atoms with van der Waals surface area (Å²) in [5.41, 5.74) is 1.37. The maximum Gasteiger partial charge on any atom is 0.224 e. The molecule has 2 saturated heterocycles. The predicted octanol–water partition coefficient (Wildman–Crippen LogP) is 1.14. The first-order chi connectivity index (χ1) is 13.0. The van der Waals surface area contributed by atoms with Gasteiger partial charge in [0.25, 0.3) is 0 Å². The number of rotatable bonds is 8. The molecule has 0 bridgehead atoms. The Morgan fingerprint density at radius 3 is 2.41 bits per heavy atom. The molecule has 7 heteroatoms. The zero-order valence-electron chi connectivity index (χ0n) is 16.0. The molecule has 2 heterocycles. The maximum atomic E-state index is 12.0. The van der Waals surface area contributed by atoms with Crippen LogP contribution < -0.4 is 5.32 Å². The minimum atomic E-state index is -2.99. The van der Waals surface area contributed by atoms with E-state index in [1.165, 1.54) is 5.56 Å². The lowest BCUT2D eigenvalue weighted by Crippen LogP contribution is -2.46. The Morgan fingerprint density at radius 1 is 1.04 bits per heavy atom. The molecule has 0 saturated carbocycles. The van der Waals surface area contributed by atoms with Crippen molar-refractivity contribution in [2.75, 3.05) is 50.8 Å². The van der Waals surface area contributed by atoms with Crippen molar-refractivity contribution in [2.24, 2.45) is 5.92 Å². The minimum absolute atomic E-state index is 0.0199. The van der Waals surface area contributed by atoms with Gasteiger partial charge in [-0.25, -0.2) is 8.42 Å². The molecule has 1 N–H and O–H groups in total. The number of benzene rings is 1. The number of nitrogens with one attached hydrogen (secondary N) is 1. The van der Waals surface area contributed by atoms with E-state index < -0.39 is 9.84 Å². The Bertz CT molecular complexity index is 700. The largest absolute Gasteiger partial charge is 0.356 e. The molecule has 0 radical (unpaired) electrons. The number of sulfone groups is 1. The molecule has 1 unspecified atom stereocenters. The average Bonchev–Trinajstić information content (AvgIpc) is 3.03. The Balaban J connectivity index is 1.24. The van der Waals surface area contributed by atoms with Gasteiger partial charge >= 0.3 is 0 Å². The fraction of sp³-hybridized carbons (Fsp3) is 0.650. The number of piperazine rings is 1. The molecule has 6 nitrogen and oxygen atoms in total. The highest BCUT2D eigenvalue weighted by Crippen LogP contribution is 2.18. The van der Waals surface area contributed by atoms with E-state index in [4.69, 9.17) is 0 Å². The fourth-order valence-corrected chi connectivity index (χ4v) is 5.57. The molecular weight excluding hydrogens is 362 g/mol. The number of unbranched alkanes of at least 4 members (excludes halogenated alkanes) is 1. The van der Waals surface area contributed by atoms with Crippen LogP contribution in [-0.4, -0.2) is 74.9 Å². The molecule has 27 heavy (non-hydrogen) atoms. The van der Waals surface area contributed by atoms with Crippen molar-refractivity contribution in [1.29, 1.82) is 0 Å². The van der Waals surface area contributed by atoms with E-state index in [0.717, 1.165) is 52.1 Å². The number of hydrogen-bond acceptors (Lipinski definition) is 5. The van der Waals surface area contributed by atoms with Crippen LogP contribution in [-0.2, 0) is 21.2 Å². The zero-order valence-corrected chi connectivity index (χ0v) is 16.8. The second kappa shape index (κ2) is 9.66. The Labute approximate surface area is 162 Å². The van der Waals surface area contributed by atoms with Gasteiger partial charge in [0.05, 0.1) is 17.4 Å². The minimum Gasteiger partial charge on any atom is -0.356 e. The van der Waals surface area contributed by atoms with Gasteiger partial charge in [0.2, 0.25) is 5.91 Å². The Kier molecular flexibility index (Phi) is 7.26. The normalized spacial score (nSPS) is 23.3. The second-order valence-electron chi connectivity index (χ2n) is 7.70. The maximum absolute atomic E-state index is 12.0. The standard InChI is InChI=1S/C20H31N3O3S/c24-20(19-8-15-27(25,26)17-19)21-9-4-5-10-22-11-13-23(14-12-22)16-18-6-2-1-3-7-18/h1-3,6-7,19H,4-5,8-17H2,(H,21,24). The molecule has 150 valence electrons. The summed E-state index contributed by atoms with van der Waals surface area (Å²) in [6.07, 6.45) is 2.47. The van der Waals surface area contributed by atoms with Gasteiger partial charge in [-0.1, -0.05) is 30.3 Å². The van der Waals surface area contributed by atoms with Crippen LogP contribution in [0.2, 0.25) is 0 Å². The van der Waals surface area contributed by atoms with Crippen molar-refractivity contribution in [3.8, 4) is 0 Å². The van der Waals surface area contributed by atoms with Crippen molar-refractivity contribution in [3.05, 3.63) is 35.9 Å². The van der Waals surface area contributed by atoms with Gasteiger partial charge in [-0.2, -0.15) is 0 Å². The summed E-state index contributed by atoms with van der Waals surface area (Å²) in [5.74, 6) is -0.258. The Morgan fingerprint density at radius 2 is 1.74 bits per heavy atom. The second-order valence-corrected chi connectivity index (χ2v) is 9.93. The molecule has 1 amide bonds. The van der Waals surface area contributed by atoms with Gasteiger partial charge in [0, 0.05) is 39.3 Å². The molecule has 0 aromatic heterocycles. The number of carbonyl (C=O) groups is 1. The van der Waals surface area contributed by atoms with E-state index >= 15 is 0 Å². The first kappa shape index (κ1) is 20.3. The predicted molar refractivity (Wildman–Crippen MR) is 107 cm³/mol. The summed E-state index contributed by atoms with van der Waals surface area (Å²) in [6.45, 7) is 7.12. The van der Waals surface area contributed by atoms with Crippen LogP contribution in [0.3, 0.4) is 0 Å². The van der Waals surface area contributed by atoms with Gasteiger partial charge < -0.3 is 10.2 Å². The molecule has 0 aliphatic carbocycles. The lowest BCUT2D eigenvalue weighted by Gasteiger charge is -2.34. The van der Waals surface area contributed by atoms with Gasteiger partial charge in [0.1, 0.15) is 0 Å². The van der Waals surface area contributed by atoms with Crippen molar-refractivity contribution >= 4 is 15.7 Å². The SMILES string of the molecule is O=C(NCCCCN1CCN(Cc2ccccc2)CC1)C1CCS(=O)(=O)C1. The average molecular weight is 394 g/mol. The van der Waals surface area contributed by atoms with Crippen LogP contribution in [0.15, 0.2) is 30.3 Å². The summed E-state index contributed by atoms with van der Waals surface area (Å²) in [5, 5.41) is 2.90. The molecule has 3 rings (SSSR count). The molecule has 2 fully saturated rings.